The molecule has 0 radical (unpaired) electrons. The van der Waals surface area contributed by atoms with Gasteiger partial charge in [-0.05, 0) is 27.7 Å². The maximum absolute atomic E-state index is 5.94. The van der Waals surface area contributed by atoms with Crippen LogP contribution in [0.1, 0.15) is 27.7 Å². The van der Waals surface area contributed by atoms with Crippen LogP contribution >= 0.6 is 11.6 Å². The molecule has 0 bridgehead atoms. The average Bonchev–Trinajstić information content (AvgIpc) is 2.71. The van der Waals surface area contributed by atoms with Gasteiger partial charge in [-0.15, -0.1) is 11.6 Å². The van der Waals surface area contributed by atoms with Crippen molar-refractivity contribution >= 4 is 11.6 Å². The van der Waals surface area contributed by atoms with E-state index in [1.807, 2.05) is 27.7 Å². The van der Waals surface area contributed by atoms with Gasteiger partial charge in [-0.2, -0.15) is 0 Å². The number of rotatable bonds is 1. The highest BCUT2D eigenvalue weighted by Crippen LogP contribution is 2.44. The van der Waals surface area contributed by atoms with Crippen molar-refractivity contribution in [3.63, 3.8) is 0 Å². The molecule has 0 N–H and O–H groups in total. The van der Waals surface area contributed by atoms with E-state index >= 15 is 0 Å². The van der Waals surface area contributed by atoms with Crippen LogP contribution in [0.5, 0.6) is 0 Å². The smallest absolute Gasteiger partial charge is 0.190 e. The minimum atomic E-state index is -0.669. The van der Waals surface area contributed by atoms with Crippen molar-refractivity contribution in [2.45, 2.75) is 70.0 Å². The van der Waals surface area contributed by atoms with Gasteiger partial charge in [-0.25, -0.2) is 0 Å². The van der Waals surface area contributed by atoms with Gasteiger partial charge >= 0.3 is 0 Å². The molecule has 3 rings (SSSR count). The average molecular weight is 279 g/mol. The Morgan fingerprint density at radius 2 is 1.39 bits per heavy atom. The van der Waals surface area contributed by atoms with Gasteiger partial charge < -0.3 is 23.7 Å². The fraction of sp³-hybridized carbons (Fsp3) is 1.00. The lowest BCUT2D eigenvalue weighted by molar-refractivity contribution is -0.228. The van der Waals surface area contributed by atoms with Crippen LogP contribution in [0.2, 0.25) is 0 Å². The molecule has 6 heteroatoms. The van der Waals surface area contributed by atoms with E-state index in [4.69, 9.17) is 35.3 Å². The molecule has 0 aliphatic carbocycles. The second-order valence-electron chi connectivity index (χ2n) is 5.86. The summed E-state index contributed by atoms with van der Waals surface area (Å²) in [6.45, 7) is 7.49. The zero-order valence-electron chi connectivity index (χ0n) is 11.0. The monoisotopic (exact) mass is 278 g/mol. The van der Waals surface area contributed by atoms with Crippen LogP contribution in [0.15, 0.2) is 0 Å². The van der Waals surface area contributed by atoms with Crippen molar-refractivity contribution in [2.75, 3.05) is 5.88 Å². The lowest BCUT2D eigenvalue weighted by Crippen LogP contribution is -2.55. The van der Waals surface area contributed by atoms with E-state index in [-0.39, 0.29) is 24.4 Å². The summed E-state index contributed by atoms with van der Waals surface area (Å²) < 4.78 is 29.2. The molecule has 104 valence electrons. The maximum Gasteiger partial charge on any atom is 0.190 e. The van der Waals surface area contributed by atoms with Gasteiger partial charge in [0.05, 0.1) is 5.88 Å². The van der Waals surface area contributed by atoms with Gasteiger partial charge in [-0.3, -0.25) is 0 Å². The Hall–Kier alpha value is 0.0900. The third kappa shape index (κ3) is 2.07. The highest BCUT2D eigenvalue weighted by molar-refractivity contribution is 6.18. The zero-order chi connectivity index (χ0) is 13.1. The molecular formula is C12H19ClO5. The van der Waals surface area contributed by atoms with Gasteiger partial charge in [0, 0.05) is 0 Å². The van der Waals surface area contributed by atoms with Crippen LogP contribution < -0.4 is 0 Å². The van der Waals surface area contributed by atoms with Crippen LogP contribution in [0.3, 0.4) is 0 Å². The van der Waals surface area contributed by atoms with E-state index in [0.717, 1.165) is 0 Å². The highest BCUT2D eigenvalue weighted by Gasteiger charge is 2.60. The summed E-state index contributed by atoms with van der Waals surface area (Å²) in [5.41, 5.74) is 0. The summed E-state index contributed by atoms with van der Waals surface area (Å²) >= 11 is 5.94. The lowest BCUT2D eigenvalue weighted by atomic mass is 10.0. The van der Waals surface area contributed by atoms with Gasteiger partial charge in [0.15, 0.2) is 17.9 Å². The Labute approximate surface area is 112 Å². The van der Waals surface area contributed by atoms with Crippen molar-refractivity contribution in [3.05, 3.63) is 0 Å². The molecule has 5 nitrogen and oxygen atoms in total. The summed E-state index contributed by atoms with van der Waals surface area (Å²) in [6.07, 6.45) is -1.37. The molecule has 0 aromatic heterocycles. The molecular weight excluding hydrogens is 260 g/mol. The number of fused-ring (bicyclic) bond motifs is 3. The third-order valence-electron chi connectivity index (χ3n) is 3.40. The van der Waals surface area contributed by atoms with Crippen molar-refractivity contribution in [2.24, 2.45) is 0 Å². The largest absolute Gasteiger partial charge is 0.342 e. The molecule has 3 heterocycles. The second-order valence-corrected chi connectivity index (χ2v) is 6.17. The van der Waals surface area contributed by atoms with E-state index in [0.29, 0.717) is 5.88 Å². The predicted molar refractivity (Wildman–Crippen MR) is 63.2 cm³/mol. The molecule has 0 aromatic rings. The molecule has 3 aliphatic heterocycles. The Balaban J connectivity index is 1.86. The Bertz CT molecular complexity index is 345. The first-order chi connectivity index (χ1) is 8.31. The summed E-state index contributed by atoms with van der Waals surface area (Å²) in [5.74, 6) is -0.973. The van der Waals surface area contributed by atoms with Crippen LogP contribution in [0, 0.1) is 0 Å². The number of alkyl halides is 1. The fourth-order valence-electron chi connectivity index (χ4n) is 2.82. The highest BCUT2D eigenvalue weighted by atomic mass is 35.5. The van der Waals surface area contributed by atoms with Gasteiger partial charge in [0.25, 0.3) is 0 Å². The van der Waals surface area contributed by atoms with Crippen LogP contribution in [-0.2, 0) is 23.7 Å². The Kier molecular flexibility index (Phi) is 2.94. The van der Waals surface area contributed by atoms with Gasteiger partial charge in [0.2, 0.25) is 0 Å². The van der Waals surface area contributed by atoms with Gasteiger partial charge in [0.1, 0.15) is 24.4 Å². The molecule has 3 fully saturated rings. The van der Waals surface area contributed by atoms with E-state index in [1.165, 1.54) is 0 Å². The summed E-state index contributed by atoms with van der Waals surface area (Å²) in [4.78, 5) is 0. The van der Waals surface area contributed by atoms with E-state index in [2.05, 4.69) is 0 Å². The molecule has 0 unspecified atom stereocenters. The summed E-state index contributed by atoms with van der Waals surface area (Å²) in [6, 6.07) is 0. The van der Waals surface area contributed by atoms with Crippen LogP contribution in [-0.4, -0.2) is 48.2 Å². The van der Waals surface area contributed by atoms with E-state index in [9.17, 15) is 0 Å². The van der Waals surface area contributed by atoms with E-state index in [1.54, 1.807) is 0 Å². The second kappa shape index (κ2) is 4.04. The Morgan fingerprint density at radius 3 is 2.06 bits per heavy atom. The molecule has 0 spiro atoms. The van der Waals surface area contributed by atoms with Crippen molar-refractivity contribution < 1.29 is 23.7 Å². The molecule has 3 aliphatic rings. The van der Waals surface area contributed by atoms with E-state index < -0.39 is 17.9 Å². The normalized spacial score (nSPS) is 48.8. The summed E-state index contributed by atoms with van der Waals surface area (Å²) in [7, 11) is 0. The number of hydrogen-bond acceptors (Lipinski definition) is 5. The lowest BCUT2D eigenvalue weighted by Gasteiger charge is -2.36. The number of hydrogen-bond donors (Lipinski definition) is 0. The predicted octanol–water partition coefficient (Wildman–Crippen LogP) is 1.62. The Morgan fingerprint density at radius 1 is 0.833 bits per heavy atom. The third-order valence-corrected chi connectivity index (χ3v) is 3.71. The molecule has 5 atom stereocenters. The van der Waals surface area contributed by atoms with Crippen LogP contribution in [0.4, 0.5) is 0 Å². The first-order valence-electron chi connectivity index (χ1n) is 6.24. The summed E-state index contributed by atoms with van der Waals surface area (Å²) in [5, 5.41) is 0. The first-order valence-corrected chi connectivity index (χ1v) is 6.77. The zero-order valence-corrected chi connectivity index (χ0v) is 11.8. The van der Waals surface area contributed by atoms with Crippen molar-refractivity contribution in [1.29, 1.82) is 0 Å². The maximum atomic E-state index is 5.94. The fourth-order valence-corrected chi connectivity index (χ4v) is 3.07. The first kappa shape index (κ1) is 13.1. The molecule has 0 aromatic carbocycles. The molecule has 3 saturated heterocycles. The molecule has 0 saturated carbocycles. The number of halogens is 1. The topological polar surface area (TPSA) is 46.2 Å². The quantitative estimate of drug-likeness (QED) is 0.682. The van der Waals surface area contributed by atoms with Gasteiger partial charge in [-0.1, -0.05) is 0 Å². The minimum absolute atomic E-state index is 0.204. The molecule has 18 heavy (non-hydrogen) atoms. The van der Waals surface area contributed by atoms with Crippen molar-refractivity contribution in [3.8, 4) is 0 Å². The number of ether oxygens (including phenoxy) is 5. The standard InChI is InChI=1S/C12H19ClO5/c1-11(2)15-7-6(5-13)14-10-9(8(7)16-11)17-12(3,4)18-10/h6-10H,5H2,1-4H3/t6-,7+,8+,9-,10-/m1/s1. The van der Waals surface area contributed by atoms with Crippen molar-refractivity contribution in [1.82, 2.24) is 0 Å². The molecule has 0 amide bonds. The van der Waals surface area contributed by atoms with Crippen LogP contribution in [0.25, 0.3) is 0 Å². The minimum Gasteiger partial charge on any atom is -0.342 e. The SMILES string of the molecule is CC1(C)O[C@H]2[C@@H](O1)[C@@H](CCl)O[C@@H]1OC(C)(C)O[C@@H]12.